The van der Waals surface area contributed by atoms with E-state index in [2.05, 4.69) is 28.5 Å². The second kappa shape index (κ2) is 26.8. The Kier molecular flexibility index (Phi) is 30.3. The molecule has 0 aliphatic rings. The van der Waals surface area contributed by atoms with E-state index in [1.165, 1.54) is 38.5 Å². The Balaban J connectivity index is -0.000000907. The molecule has 0 saturated heterocycles. The summed E-state index contributed by atoms with van der Waals surface area (Å²) in [6, 6.07) is 0. The van der Waals surface area contributed by atoms with E-state index in [1.807, 2.05) is 0 Å². The first-order valence-electron chi connectivity index (χ1n) is 12.4. The Bertz CT molecular complexity index is 728. The fraction of sp³-hybridized carbons (Fsp3) is 0.792. The van der Waals surface area contributed by atoms with Gasteiger partial charge in [0.25, 0.3) is 10.1 Å². The third-order valence-electron chi connectivity index (χ3n) is 5.21. The molecule has 0 fully saturated rings. The van der Waals surface area contributed by atoms with Crippen LogP contribution in [0.1, 0.15) is 106 Å². The van der Waals surface area contributed by atoms with Gasteiger partial charge in [-0.05, 0) is 32.1 Å². The molecule has 0 amide bonds. The maximum Gasteiger partial charge on any atom is 1.00 e. The predicted octanol–water partition coefficient (Wildman–Crippen LogP) is -1.52. The first-order valence-corrected chi connectivity index (χ1v) is 13.9. The summed E-state index contributed by atoms with van der Waals surface area (Å²) in [5, 5.41) is -2.15. The van der Waals surface area contributed by atoms with Gasteiger partial charge in [0, 0.05) is 13.0 Å². The van der Waals surface area contributed by atoms with Crippen molar-refractivity contribution in [3.63, 3.8) is 0 Å². The van der Waals surface area contributed by atoms with Crippen LogP contribution >= 0.6 is 0 Å². The minimum Gasteiger partial charge on any atom is -1.00 e. The summed E-state index contributed by atoms with van der Waals surface area (Å²) >= 11 is 0. The quantitative estimate of drug-likeness (QED) is 0.0431. The second-order valence-corrected chi connectivity index (χ2v) is 9.94. The normalized spacial score (nSPS) is 11.9. The SMILES string of the molecule is CCCCCCCC/C=C\CCCCCCCC(=O)OC(=O)CC(C(=O)OCCN)S(=O)(=O)O.[H-].[H-].[Na+].[Na+]. The van der Waals surface area contributed by atoms with Gasteiger partial charge in [0.1, 0.15) is 6.61 Å². The summed E-state index contributed by atoms with van der Waals surface area (Å²) in [5.74, 6) is -3.34. The molecule has 0 aliphatic carbocycles. The standard InChI is InChI=1S/C24H43NO8S.2Na.2H/c1-2-3-4-5-6-7-8-9-10-11-12-13-14-15-16-17-22(26)33-23(27)20-21(34(29,30)31)24(28)32-19-18-25;;;;/h9-10,21H,2-8,11-20,25H2,1H3,(H,29,30,31);;;;/q;2*+1;2*-1/b10-9-;;;;. The van der Waals surface area contributed by atoms with Gasteiger partial charge in [-0.25, -0.2) is 0 Å². The van der Waals surface area contributed by atoms with E-state index in [4.69, 9.17) is 10.3 Å². The van der Waals surface area contributed by atoms with Gasteiger partial charge in [-0.3, -0.25) is 18.9 Å². The van der Waals surface area contributed by atoms with Crippen LogP contribution in [0.4, 0.5) is 0 Å². The largest absolute Gasteiger partial charge is 1.00 e. The molecule has 1 unspecified atom stereocenters. The first kappa shape index (κ1) is 40.7. The summed E-state index contributed by atoms with van der Waals surface area (Å²) < 4.78 is 40.9. The summed E-state index contributed by atoms with van der Waals surface area (Å²) in [7, 11) is -4.90. The van der Waals surface area contributed by atoms with Crippen molar-refractivity contribution in [1.82, 2.24) is 0 Å². The minimum atomic E-state index is -4.90. The molecule has 36 heavy (non-hydrogen) atoms. The van der Waals surface area contributed by atoms with Crippen molar-refractivity contribution in [2.45, 2.75) is 108 Å². The van der Waals surface area contributed by atoms with Crippen molar-refractivity contribution in [2.75, 3.05) is 13.2 Å². The summed E-state index contributed by atoms with van der Waals surface area (Å²) in [6.07, 6.45) is 18.0. The molecule has 0 rings (SSSR count). The van der Waals surface area contributed by atoms with Gasteiger partial charge in [0.15, 0.2) is 5.25 Å². The Morgan fingerprint density at radius 1 is 0.861 bits per heavy atom. The Morgan fingerprint density at radius 3 is 1.86 bits per heavy atom. The molecule has 0 aromatic heterocycles. The predicted molar refractivity (Wildman–Crippen MR) is 133 cm³/mol. The van der Waals surface area contributed by atoms with Gasteiger partial charge < -0.3 is 18.1 Å². The number of esters is 3. The van der Waals surface area contributed by atoms with E-state index in [0.29, 0.717) is 6.42 Å². The zero-order chi connectivity index (χ0) is 25.7. The number of ether oxygens (including phenoxy) is 2. The van der Waals surface area contributed by atoms with Gasteiger partial charge in [-0.1, -0.05) is 70.4 Å². The molecule has 3 N–H and O–H groups in total. The summed E-state index contributed by atoms with van der Waals surface area (Å²) in [6.45, 7) is 1.90. The van der Waals surface area contributed by atoms with Crippen LogP contribution in [0.3, 0.4) is 0 Å². The maximum absolute atomic E-state index is 11.8. The molecule has 12 heteroatoms. The average Bonchev–Trinajstić information content (AvgIpc) is 2.77. The molecule has 0 saturated carbocycles. The van der Waals surface area contributed by atoms with Gasteiger partial charge in [0.2, 0.25) is 0 Å². The smallest absolute Gasteiger partial charge is 1.00 e. The number of carbonyl (C=O) groups excluding carboxylic acids is 3. The molecule has 0 heterocycles. The van der Waals surface area contributed by atoms with Crippen LogP contribution in [0.5, 0.6) is 0 Å². The van der Waals surface area contributed by atoms with E-state index in [1.54, 1.807) is 0 Å². The second-order valence-electron chi connectivity index (χ2n) is 8.34. The van der Waals surface area contributed by atoms with Gasteiger partial charge in [0.05, 0.1) is 6.42 Å². The number of hydrogen-bond acceptors (Lipinski definition) is 8. The van der Waals surface area contributed by atoms with Gasteiger partial charge in [-0.2, -0.15) is 8.42 Å². The van der Waals surface area contributed by atoms with Crippen molar-refractivity contribution in [3.05, 3.63) is 12.2 Å². The van der Waals surface area contributed by atoms with E-state index in [-0.39, 0.29) is 81.5 Å². The number of unbranched alkanes of at least 4 members (excludes halogenated alkanes) is 11. The van der Waals surface area contributed by atoms with Gasteiger partial charge >= 0.3 is 77.0 Å². The van der Waals surface area contributed by atoms with Crippen molar-refractivity contribution in [2.24, 2.45) is 5.73 Å². The van der Waals surface area contributed by atoms with Crippen LogP contribution < -0.4 is 64.8 Å². The molecule has 202 valence electrons. The first-order chi connectivity index (χ1) is 16.2. The Labute approximate surface area is 264 Å². The van der Waals surface area contributed by atoms with Crippen LogP contribution in [-0.2, 0) is 34.0 Å². The monoisotopic (exact) mass is 553 g/mol. The molecule has 0 bridgehead atoms. The summed E-state index contributed by atoms with van der Waals surface area (Å²) in [5.41, 5.74) is 5.15. The van der Waals surface area contributed by atoms with E-state index in [9.17, 15) is 22.8 Å². The fourth-order valence-corrected chi connectivity index (χ4v) is 3.93. The molecule has 9 nitrogen and oxygen atoms in total. The third kappa shape index (κ3) is 24.6. The topological polar surface area (TPSA) is 150 Å². The average molecular weight is 554 g/mol. The summed E-state index contributed by atoms with van der Waals surface area (Å²) in [4.78, 5) is 35.2. The van der Waals surface area contributed by atoms with Crippen LogP contribution in [0, 0.1) is 0 Å². The fourth-order valence-electron chi connectivity index (χ4n) is 3.27. The molecule has 0 aromatic rings. The van der Waals surface area contributed by atoms with Crippen LogP contribution in [0.2, 0.25) is 0 Å². The molecule has 0 spiro atoms. The number of nitrogens with two attached hydrogens (primary N) is 1. The maximum atomic E-state index is 11.8. The molecule has 1 atom stereocenters. The van der Waals surface area contributed by atoms with Crippen LogP contribution in [0.15, 0.2) is 12.2 Å². The number of allylic oxidation sites excluding steroid dienone is 2. The van der Waals surface area contributed by atoms with E-state index >= 15 is 0 Å². The van der Waals surface area contributed by atoms with Gasteiger partial charge in [-0.15, -0.1) is 0 Å². The molecule has 0 aliphatic heterocycles. The molecule has 0 aromatic carbocycles. The molecular formula is C24H45NNa2O8S. The van der Waals surface area contributed by atoms with Crippen LogP contribution in [-0.4, -0.2) is 49.3 Å². The van der Waals surface area contributed by atoms with E-state index < -0.39 is 39.7 Å². The Hall–Kier alpha value is 0.220. The zero-order valence-corrected chi connectivity index (χ0v) is 27.4. The van der Waals surface area contributed by atoms with Crippen molar-refractivity contribution < 1.29 is 98.8 Å². The van der Waals surface area contributed by atoms with E-state index in [0.717, 1.165) is 38.5 Å². The number of rotatable bonds is 21. The third-order valence-corrected chi connectivity index (χ3v) is 6.29. The zero-order valence-electron chi connectivity index (χ0n) is 24.5. The number of carbonyl (C=O) groups is 3. The van der Waals surface area contributed by atoms with Crippen molar-refractivity contribution >= 4 is 28.0 Å². The Morgan fingerprint density at radius 2 is 1.36 bits per heavy atom. The van der Waals surface area contributed by atoms with Crippen molar-refractivity contribution in [1.29, 1.82) is 0 Å². The van der Waals surface area contributed by atoms with Crippen molar-refractivity contribution in [3.8, 4) is 0 Å². The number of hydrogen-bond donors (Lipinski definition) is 2. The minimum absolute atomic E-state index is 0. The molecular weight excluding hydrogens is 508 g/mol. The molecule has 0 radical (unpaired) electrons. The van der Waals surface area contributed by atoms with Crippen LogP contribution in [0.25, 0.3) is 0 Å².